The van der Waals surface area contributed by atoms with E-state index in [1.807, 2.05) is 0 Å². The summed E-state index contributed by atoms with van der Waals surface area (Å²) in [4.78, 5) is 19.0. The van der Waals surface area contributed by atoms with Gasteiger partial charge in [-0.2, -0.15) is 13.2 Å². The second-order valence-corrected chi connectivity index (χ2v) is 6.18. The highest BCUT2D eigenvalue weighted by Gasteiger charge is 2.40. The van der Waals surface area contributed by atoms with E-state index in [2.05, 4.69) is 15.3 Å². The maximum absolute atomic E-state index is 12.9. The maximum Gasteiger partial charge on any atom is 0.433 e. The first-order valence-electron chi connectivity index (χ1n) is 7.28. The lowest BCUT2D eigenvalue weighted by molar-refractivity contribution is -0.149. The molecule has 0 amide bonds. The minimum atomic E-state index is -4.99. The molecule has 3 N–H and O–H groups in total. The van der Waals surface area contributed by atoms with E-state index in [1.54, 1.807) is 24.3 Å². The summed E-state index contributed by atoms with van der Waals surface area (Å²) in [6.45, 7) is 4.56. The van der Waals surface area contributed by atoms with Crippen LogP contribution in [0.3, 0.4) is 0 Å². The number of para-hydroxylation sites is 2. The first-order valence-corrected chi connectivity index (χ1v) is 7.28. The molecule has 0 spiro atoms. The van der Waals surface area contributed by atoms with Gasteiger partial charge >= 0.3 is 12.1 Å². The molecule has 0 radical (unpaired) electrons. The van der Waals surface area contributed by atoms with E-state index in [9.17, 15) is 18.0 Å². The number of rotatable bonds is 4. The number of carbonyl (C=O) groups excluding carboxylic acids is 1. The molecule has 25 heavy (non-hydrogen) atoms. The molecule has 0 atom stereocenters. The van der Waals surface area contributed by atoms with E-state index in [0.29, 0.717) is 11.0 Å². The van der Waals surface area contributed by atoms with Gasteiger partial charge in [0, 0.05) is 6.20 Å². The Morgan fingerprint density at radius 1 is 1.28 bits per heavy atom. The van der Waals surface area contributed by atoms with Gasteiger partial charge in [-0.1, -0.05) is 12.1 Å². The Hall–Kier alpha value is -2.84. The van der Waals surface area contributed by atoms with Crippen molar-refractivity contribution in [3.8, 4) is 0 Å². The summed E-state index contributed by atoms with van der Waals surface area (Å²) in [5, 5.41) is 9.73. The highest BCUT2D eigenvalue weighted by molar-refractivity contribution is 6.20. The average Bonchev–Trinajstić information content (AvgIpc) is 2.87. The number of nitrogens with zero attached hydrogens (tertiary/aromatic N) is 1. The normalized spacial score (nSPS) is 13.0. The minimum Gasteiger partial charge on any atom is -0.456 e. The van der Waals surface area contributed by atoms with E-state index in [0.717, 1.165) is 6.20 Å². The number of benzene rings is 1. The molecule has 0 saturated heterocycles. The average molecular weight is 354 g/mol. The third kappa shape index (κ3) is 4.82. The van der Waals surface area contributed by atoms with Crippen LogP contribution >= 0.6 is 0 Å². The van der Waals surface area contributed by atoms with Crippen molar-refractivity contribution in [3.05, 3.63) is 36.0 Å². The molecule has 134 valence electrons. The lowest BCUT2D eigenvalue weighted by atomic mass is 10.1. The van der Waals surface area contributed by atoms with Gasteiger partial charge in [-0.05, 0) is 32.9 Å². The Kier molecular flexibility index (Phi) is 4.87. The third-order valence-corrected chi connectivity index (χ3v) is 2.91. The molecule has 0 unspecified atom stereocenters. The van der Waals surface area contributed by atoms with Crippen LogP contribution in [0.2, 0.25) is 0 Å². The molecule has 9 heteroatoms. The summed E-state index contributed by atoms with van der Waals surface area (Å²) in [7, 11) is 0. The Bertz CT molecular complexity index is 799. The van der Waals surface area contributed by atoms with E-state index in [-0.39, 0.29) is 5.95 Å². The molecule has 0 bridgehead atoms. The number of alkyl halides is 3. The largest absolute Gasteiger partial charge is 0.456 e. The standard InChI is InChI=1S/C16H17F3N4O2/c1-15(2,3)25-13(24)9(12(20)16(17,18)19)8-21-14-22-10-6-4-5-7-11(10)23-14/h4-8,20H,1-3H3,(H2,21,22,23)/b9-8+,20-12?. The second kappa shape index (κ2) is 6.58. The van der Waals surface area contributed by atoms with Gasteiger partial charge in [0.05, 0.1) is 11.0 Å². The van der Waals surface area contributed by atoms with Crippen LogP contribution in [-0.4, -0.2) is 33.4 Å². The number of hydrogen-bond acceptors (Lipinski definition) is 5. The fourth-order valence-electron chi connectivity index (χ4n) is 1.88. The number of nitrogens with one attached hydrogen (secondary N) is 3. The van der Waals surface area contributed by atoms with Crippen molar-refractivity contribution in [2.45, 2.75) is 32.5 Å². The fourth-order valence-corrected chi connectivity index (χ4v) is 1.88. The predicted molar refractivity (Wildman–Crippen MR) is 87.4 cm³/mol. The number of halogens is 3. The van der Waals surface area contributed by atoms with Gasteiger partial charge in [-0.25, -0.2) is 9.78 Å². The van der Waals surface area contributed by atoms with Crippen LogP contribution in [0.4, 0.5) is 19.1 Å². The van der Waals surface area contributed by atoms with Crippen molar-refractivity contribution < 1.29 is 22.7 Å². The zero-order chi connectivity index (χ0) is 18.8. The van der Waals surface area contributed by atoms with Gasteiger partial charge in [0.25, 0.3) is 0 Å². The lowest BCUT2D eigenvalue weighted by Crippen LogP contribution is -2.33. The Balaban J connectivity index is 2.31. The van der Waals surface area contributed by atoms with Gasteiger partial charge in [-0.3, -0.25) is 5.41 Å². The van der Waals surface area contributed by atoms with Crippen LogP contribution in [0.15, 0.2) is 36.0 Å². The van der Waals surface area contributed by atoms with E-state index in [1.165, 1.54) is 20.8 Å². The summed E-state index contributed by atoms with van der Waals surface area (Å²) in [6.07, 6.45) is -4.22. The molecule has 0 aliphatic carbocycles. The van der Waals surface area contributed by atoms with Crippen molar-refractivity contribution in [3.63, 3.8) is 0 Å². The highest BCUT2D eigenvalue weighted by Crippen LogP contribution is 2.23. The van der Waals surface area contributed by atoms with Crippen molar-refractivity contribution in [1.82, 2.24) is 9.97 Å². The predicted octanol–water partition coefficient (Wildman–Crippen LogP) is 3.78. The first kappa shape index (κ1) is 18.5. The number of imidazole rings is 1. The molecule has 6 nitrogen and oxygen atoms in total. The maximum atomic E-state index is 12.9. The van der Waals surface area contributed by atoms with Crippen LogP contribution in [0.25, 0.3) is 11.0 Å². The molecular formula is C16H17F3N4O2. The molecular weight excluding hydrogens is 337 g/mol. The minimum absolute atomic E-state index is 0.136. The summed E-state index contributed by atoms with van der Waals surface area (Å²) in [5.74, 6) is -1.12. The number of ether oxygens (including phenoxy) is 1. The molecule has 0 fully saturated rings. The molecule has 2 rings (SSSR count). The van der Waals surface area contributed by atoms with Gasteiger partial charge in [0.2, 0.25) is 5.95 Å². The molecule has 0 aliphatic rings. The third-order valence-electron chi connectivity index (χ3n) is 2.91. The van der Waals surface area contributed by atoms with Gasteiger partial charge < -0.3 is 15.0 Å². The number of hydrogen-bond donors (Lipinski definition) is 3. The van der Waals surface area contributed by atoms with Crippen molar-refractivity contribution >= 4 is 28.7 Å². The molecule has 1 aromatic heterocycles. The zero-order valence-corrected chi connectivity index (χ0v) is 13.8. The van der Waals surface area contributed by atoms with Crippen molar-refractivity contribution in [2.75, 3.05) is 5.32 Å². The molecule has 0 saturated carbocycles. The monoisotopic (exact) mass is 354 g/mol. The summed E-state index contributed by atoms with van der Waals surface area (Å²) in [6, 6.07) is 6.98. The SMILES string of the molecule is CC(C)(C)OC(=O)/C(=C/Nc1nc2ccccc2[nH]1)C(=N)C(F)(F)F. The van der Waals surface area contributed by atoms with Crippen molar-refractivity contribution in [2.24, 2.45) is 0 Å². The Labute approximate surface area is 141 Å². The number of aromatic nitrogens is 2. The zero-order valence-electron chi connectivity index (χ0n) is 13.8. The Morgan fingerprint density at radius 2 is 1.92 bits per heavy atom. The van der Waals surface area contributed by atoms with E-state index >= 15 is 0 Å². The number of H-pyrrole nitrogens is 1. The van der Waals surface area contributed by atoms with Crippen LogP contribution in [0, 0.1) is 5.41 Å². The van der Waals surface area contributed by atoms with Gasteiger partial charge in [0.1, 0.15) is 11.2 Å². The number of anilines is 1. The Morgan fingerprint density at radius 3 is 2.48 bits per heavy atom. The van der Waals surface area contributed by atoms with Crippen LogP contribution in [0.5, 0.6) is 0 Å². The molecule has 0 aliphatic heterocycles. The van der Waals surface area contributed by atoms with Crippen molar-refractivity contribution in [1.29, 1.82) is 5.41 Å². The number of aromatic amines is 1. The summed E-state index contributed by atoms with van der Waals surface area (Å²) in [5.41, 5.74) is -2.47. The molecule has 1 aromatic carbocycles. The number of carbonyl (C=O) groups is 1. The number of esters is 1. The second-order valence-electron chi connectivity index (χ2n) is 6.18. The van der Waals surface area contributed by atoms with Crippen LogP contribution < -0.4 is 5.32 Å². The van der Waals surface area contributed by atoms with Gasteiger partial charge in [0.15, 0.2) is 5.71 Å². The molecule has 1 heterocycles. The first-order chi connectivity index (χ1) is 11.5. The van der Waals surface area contributed by atoms with Crippen LogP contribution in [-0.2, 0) is 9.53 Å². The topological polar surface area (TPSA) is 90.9 Å². The molecule has 2 aromatic rings. The van der Waals surface area contributed by atoms with Gasteiger partial charge in [-0.15, -0.1) is 0 Å². The highest BCUT2D eigenvalue weighted by atomic mass is 19.4. The number of fused-ring (bicyclic) bond motifs is 1. The summed E-state index contributed by atoms with van der Waals surface area (Å²) < 4.78 is 43.5. The summed E-state index contributed by atoms with van der Waals surface area (Å²) >= 11 is 0. The van der Waals surface area contributed by atoms with Crippen LogP contribution in [0.1, 0.15) is 20.8 Å². The smallest absolute Gasteiger partial charge is 0.433 e. The van der Waals surface area contributed by atoms with E-state index in [4.69, 9.17) is 10.1 Å². The van der Waals surface area contributed by atoms with E-state index < -0.39 is 29.0 Å². The fraction of sp³-hybridized carbons (Fsp3) is 0.312. The quantitative estimate of drug-likeness (QED) is 0.443. The lowest BCUT2D eigenvalue weighted by Gasteiger charge is -2.21.